The van der Waals surface area contributed by atoms with Crippen molar-refractivity contribution in [2.75, 3.05) is 4.72 Å². The van der Waals surface area contributed by atoms with E-state index < -0.39 is 16.1 Å². The molecule has 1 heterocycles. The third kappa shape index (κ3) is 5.09. The van der Waals surface area contributed by atoms with Crippen molar-refractivity contribution < 1.29 is 17.9 Å². The molecule has 0 bridgehead atoms. The zero-order chi connectivity index (χ0) is 25.5. The number of aromatic nitrogens is 1. The van der Waals surface area contributed by atoms with Gasteiger partial charge in [0.05, 0.1) is 10.5 Å². The van der Waals surface area contributed by atoms with Gasteiger partial charge in [-0.2, -0.15) is 0 Å². The Kier molecular flexibility index (Phi) is 6.00. The van der Waals surface area contributed by atoms with Crippen LogP contribution in [0.25, 0.3) is 22.0 Å². The lowest BCUT2D eigenvalue weighted by molar-refractivity contribution is 0.198. The summed E-state index contributed by atoms with van der Waals surface area (Å²) in [6.07, 6.45) is 1.40. The van der Waals surface area contributed by atoms with E-state index in [-0.39, 0.29) is 16.4 Å². The molecule has 186 valence electrons. The number of aromatic amines is 1. The predicted octanol–water partition coefficient (Wildman–Crippen LogP) is 6.18. The maximum Gasteiger partial charge on any atom is 0.414 e. The fourth-order valence-electron chi connectivity index (χ4n) is 4.06. The maximum absolute atomic E-state index is 13.1. The highest BCUT2D eigenvalue weighted by atomic mass is 32.2. The van der Waals surface area contributed by atoms with Crippen LogP contribution in [0, 0.1) is 0 Å². The van der Waals surface area contributed by atoms with Crippen LogP contribution in [0.4, 0.5) is 10.5 Å². The summed E-state index contributed by atoms with van der Waals surface area (Å²) in [6, 6.07) is 21.8. The Morgan fingerprint density at radius 3 is 2.31 bits per heavy atom. The van der Waals surface area contributed by atoms with Gasteiger partial charge in [0, 0.05) is 22.6 Å². The zero-order valence-electron chi connectivity index (χ0n) is 20.5. The van der Waals surface area contributed by atoms with Crippen LogP contribution in [0.15, 0.2) is 77.7 Å². The number of carbonyl (C=O) groups excluding carboxylic acids is 1. The summed E-state index contributed by atoms with van der Waals surface area (Å²) in [4.78, 5) is 15.7. The summed E-state index contributed by atoms with van der Waals surface area (Å²) in [7, 11) is -3.80. The minimum absolute atomic E-state index is 0.0712. The van der Waals surface area contributed by atoms with E-state index in [2.05, 4.69) is 35.8 Å². The Labute approximate surface area is 210 Å². The Morgan fingerprint density at radius 1 is 0.972 bits per heavy atom. The number of nitrogens with one attached hydrogen (secondary N) is 3. The topological polar surface area (TPSA) is 100 Å². The largest absolute Gasteiger partial charge is 0.414 e. The van der Waals surface area contributed by atoms with E-state index >= 15 is 0 Å². The molecule has 0 unspecified atom stereocenters. The molecule has 5 rings (SSSR count). The van der Waals surface area contributed by atoms with Crippen LogP contribution in [-0.2, 0) is 15.4 Å². The van der Waals surface area contributed by atoms with Gasteiger partial charge in [-0.1, -0.05) is 63.2 Å². The van der Waals surface area contributed by atoms with Crippen molar-refractivity contribution in [3.63, 3.8) is 0 Å². The van der Waals surface area contributed by atoms with Crippen molar-refractivity contribution in [1.82, 2.24) is 10.3 Å². The number of carbonyl (C=O) groups is 1. The molecule has 7 nitrogen and oxygen atoms in total. The number of H-pyrrole nitrogens is 1. The van der Waals surface area contributed by atoms with Gasteiger partial charge >= 0.3 is 6.09 Å². The van der Waals surface area contributed by atoms with E-state index in [0.717, 1.165) is 34.9 Å². The molecule has 1 fully saturated rings. The second-order valence-electron chi connectivity index (χ2n) is 10.1. The van der Waals surface area contributed by atoms with Crippen LogP contribution in [0.3, 0.4) is 0 Å². The lowest BCUT2D eigenvalue weighted by atomic mass is 9.87. The van der Waals surface area contributed by atoms with Crippen LogP contribution in [0.2, 0.25) is 0 Å². The number of sulfonamides is 1. The van der Waals surface area contributed by atoms with Gasteiger partial charge in [0.1, 0.15) is 0 Å². The molecule has 0 radical (unpaired) electrons. The monoisotopic (exact) mass is 503 g/mol. The number of benzene rings is 3. The second kappa shape index (κ2) is 9.02. The van der Waals surface area contributed by atoms with E-state index in [1.807, 2.05) is 42.5 Å². The third-order valence-corrected chi connectivity index (χ3v) is 7.60. The molecule has 1 aromatic heterocycles. The smallest absolute Gasteiger partial charge is 0.393 e. The number of fused-ring (bicyclic) bond motifs is 1. The lowest BCUT2D eigenvalue weighted by Crippen LogP contribution is -2.28. The van der Waals surface area contributed by atoms with Gasteiger partial charge in [0.2, 0.25) is 5.88 Å². The maximum atomic E-state index is 13.1. The van der Waals surface area contributed by atoms with Crippen LogP contribution < -0.4 is 14.8 Å². The number of rotatable bonds is 6. The molecule has 3 N–H and O–H groups in total. The van der Waals surface area contributed by atoms with Crippen molar-refractivity contribution in [2.24, 2.45) is 0 Å². The Bertz CT molecular complexity index is 1520. The number of ether oxygens (including phenoxy) is 1. The fraction of sp³-hybridized carbons (Fsp3) is 0.250. The predicted molar refractivity (Wildman–Crippen MR) is 142 cm³/mol. The summed E-state index contributed by atoms with van der Waals surface area (Å²) < 4.78 is 34.6. The first-order valence-electron chi connectivity index (χ1n) is 11.9. The first-order valence-corrected chi connectivity index (χ1v) is 13.4. The Balaban J connectivity index is 1.49. The molecule has 0 atom stereocenters. The molecule has 3 aromatic carbocycles. The molecule has 36 heavy (non-hydrogen) atoms. The highest BCUT2D eigenvalue weighted by Gasteiger charge is 2.26. The molecule has 1 saturated carbocycles. The summed E-state index contributed by atoms with van der Waals surface area (Å²) in [5.41, 5.74) is 3.65. The highest BCUT2D eigenvalue weighted by Crippen LogP contribution is 2.39. The van der Waals surface area contributed by atoms with E-state index in [1.54, 1.807) is 30.3 Å². The van der Waals surface area contributed by atoms with Crippen molar-refractivity contribution in [1.29, 1.82) is 0 Å². The van der Waals surface area contributed by atoms with Gasteiger partial charge < -0.3 is 15.0 Å². The van der Waals surface area contributed by atoms with E-state index in [1.165, 1.54) is 0 Å². The van der Waals surface area contributed by atoms with Gasteiger partial charge in [-0.25, -0.2) is 13.2 Å². The van der Waals surface area contributed by atoms with Gasteiger partial charge in [-0.15, -0.1) is 0 Å². The summed E-state index contributed by atoms with van der Waals surface area (Å²) in [5.74, 6) is 0.312. The van der Waals surface area contributed by atoms with E-state index in [4.69, 9.17) is 4.74 Å². The molecular formula is C28H29N3O4S. The summed E-state index contributed by atoms with van der Waals surface area (Å²) in [5, 5.41) is 3.56. The Hall–Kier alpha value is -3.78. The van der Waals surface area contributed by atoms with E-state index in [9.17, 15) is 13.2 Å². The Morgan fingerprint density at radius 2 is 1.67 bits per heavy atom. The summed E-state index contributed by atoms with van der Waals surface area (Å²) >= 11 is 0. The number of hydrogen-bond acceptors (Lipinski definition) is 4. The molecule has 1 aliphatic carbocycles. The number of anilines is 1. The first-order chi connectivity index (χ1) is 17.1. The molecule has 4 aromatic rings. The number of amides is 1. The van der Waals surface area contributed by atoms with Crippen molar-refractivity contribution in [2.45, 2.75) is 50.0 Å². The quantitative estimate of drug-likeness (QED) is 0.292. The highest BCUT2D eigenvalue weighted by molar-refractivity contribution is 7.92. The normalized spacial score (nSPS) is 14.0. The molecule has 8 heteroatoms. The van der Waals surface area contributed by atoms with E-state index in [0.29, 0.717) is 17.1 Å². The average Bonchev–Trinajstić information content (AvgIpc) is 3.57. The molecule has 0 saturated heterocycles. The number of hydrogen-bond donors (Lipinski definition) is 3. The van der Waals surface area contributed by atoms with Crippen molar-refractivity contribution in [3.8, 4) is 17.0 Å². The SMILES string of the molecule is CC(C)(C)c1ccc(S(=O)(=O)Nc2ccc3[nH]c(OC(=O)NC4CC4)c(-c4ccccc4)c3c2)cc1. The van der Waals surface area contributed by atoms with Crippen LogP contribution in [0.5, 0.6) is 5.88 Å². The minimum atomic E-state index is -3.80. The first kappa shape index (κ1) is 23.9. The lowest BCUT2D eigenvalue weighted by Gasteiger charge is -2.19. The van der Waals surface area contributed by atoms with Gasteiger partial charge in [-0.05, 0) is 59.7 Å². The van der Waals surface area contributed by atoms with Gasteiger partial charge in [0.15, 0.2) is 0 Å². The average molecular weight is 504 g/mol. The molecular weight excluding hydrogens is 474 g/mol. The van der Waals surface area contributed by atoms with Crippen molar-refractivity contribution >= 4 is 32.7 Å². The molecule has 1 amide bonds. The second-order valence-corrected chi connectivity index (χ2v) is 11.8. The third-order valence-electron chi connectivity index (χ3n) is 6.20. The van der Waals surface area contributed by atoms with Gasteiger partial charge in [0.25, 0.3) is 10.0 Å². The molecule has 0 spiro atoms. The molecule has 1 aliphatic rings. The zero-order valence-corrected chi connectivity index (χ0v) is 21.3. The van der Waals surface area contributed by atoms with Crippen LogP contribution in [-0.4, -0.2) is 25.5 Å². The minimum Gasteiger partial charge on any atom is -0.393 e. The van der Waals surface area contributed by atoms with Crippen LogP contribution >= 0.6 is 0 Å². The van der Waals surface area contributed by atoms with Gasteiger partial charge in [-0.3, -0.25) is 4.72 Å². The fourth-order valence-corrected chi connectivity index (χ4v) is 5.11. The summed E-state index contributed by atoms with van der Waals surface area (Å²) in [6.45, 7) is 6.25. The molecule has 0 aliphatic heterocycles. The standard InChI is InChI=1S/C28H29N3O4S/c1-28(2,3)19-9-14-22(15-10-19)36(33,34)31-21-13-16-24-23(17-21)25(18-7-5-4-6-8-18)26(30-24)35-27(32)29-20-11-12-20/h4-10,13-17,20,30-31H,11-12H2,1-3H3,(H,29,32). The van der Waals surface area contributed by atoms with Crippen molar-refractivity contribution in [3.05, 3.63) is 78.4 Å². The van der Waals surface area contributed by atoms with Crippen LogP contribution in [0.1, 0.15) is 39.2 Å².